The maximum Gasteiger partial charge on any atom is 0.239 e. The Morgan fingerprint density at radius 1 is 1.44 bits per heavy atom. The highest BCUT2D eigenvalue weighted by Crippen LogP contribution is 2.09. The first-order valence-electron chi connectivity index (χ1n) is 6.22. The fraction of sp³-hybridized carbons (Fsp3) is 0.917. The molecule has 0 saturated carbocycles. The second-order valence-electron chi connectivity index (χ2n) is 4.48. The number of carbonyl (C=O) groups excluding carboxylic acids is 1. The average Bonchev–Trinajstić information content (AvgIpc) is 2.80. The van der Waals surface area contributed by atoms with Crippen molar-refractivity contribution >= 4 is 5.91 Å². The van der Waals surface area contributed by atoms with Gasteiger partial charge in [-0.15, -0.1) is 0 Å². The average molecular weight is 228 g/mol. The van der Waals surface area contributed by atoms with Gasteiger partial charge in [-0.3, -0.25) is 4.79 Å². The van der Waals surface area contributed by atoms with Crippen LogP contribution in [0.25, 0.3) is 0 Å². The van der Waals surface area contributed by atoms with Crippen LogP contribution in [0.1, 0.15) is 33.1 Å². The van der Waals surface area contributed by atoms with Gasteiger partial charge in [-0.05, 0) is 26.2 Å². The summed E-state index contributed by atoms with van der Waals surface area (Å²) in [4.78, 5) is 14.0. The Morgan fingerprint density at radius 2 is 2.06 bits per heavy atom. The summed E-state index contributed by atoms with van der Waals surface area (Å²) >= 11 is 0. The third kappa shape index (κ3) is 3.76. The molecule has 4 heteroatoms. The second kappa shape index (κ2) is 6.86. The summed E-state index contributed by atoms with van der Waals surface area (Å²) in [6.07, 6.45) is 3.27. The first-order chi connectivity index (χ1) is 7.69. The number of likely N-dealkylation sites (tertiary alicyclic amines) is 1. The van der Waals surface area contributed by atoms with E-state index in [0.29, 0.717) is 6.61 Å². The Kier molecular flexibility index (Phi) is 5.77. The van der Waals surface area contributed by atoms with Crippen molar-refractivity contribution in [1.29, 1.82) is 0 Å². The van der Waals surface area contributed by atoms with Crippen LogP contribution in [0.5, 0.6) is 0 Å². The standard InChI is InChI=1S/C12H24N2O2/c1-4-11(9-16-3)13-10(2)12(15)14-7-5-6-8-14/h10-11,13H,4-9H2,1-3H3. The van der Waals surface area contributed by atoms with Crippen LogP contribution in [-0.2, 0) is 9.53 Å². The van der Waals surface area contributed by atoms with E-state index in [1.807, 2.05) is 11.8 Å². The summed E-state index contributed by atoms with van der Waals surface area (Å²) < 4.78 is 5.11. The highest BCUT2D eigenvalue weighted by atomic mass is 16.5. The van der Waals surface area contributed by atoms with E-state index in [1.54, 1.807) is 7.11 Å². The van der Waals surface area contributed by atoms with Crippen LogP contribution in [0.3, 0.4) is 0 Å². The SMILES string of the molecule is CCC(COC)NC(C)C(=O)N1CCCC1. The molecule has 0 bridgehead atoms. The van der Waals surface area contributed by atoms with Gasteiger partial charge >= 0.3 is 0 Å². The first-order valence-corrected chi connectivity index (χ1v) is 6.22. The molecule has 1 heterocycles. The van der Waals surface area contributed by atoms with Crippen LogP contribution < -0.4 is 5.32 Å². The maximum atomic E-state index is 12.0. The van der Waals surface area contributed by atoms with E-state index in [0.717, 1.165) is 32.4 Å². The minimum Gasteiger partial charge on any atom is -0.383 e. The lowest BCUT2D eigenvalue weighted by Crippen LogP contribution is -2.48. The molecule has 1 rings (SSSR count). The molecular formula is C12H24N2O2. The van der Waals surface area contributed by atoms with Gasteiger partial charge < -0.3 is 15.0 Å². The summed E-state index contributed by atoms with van der Waals surface area (Å²) in [5.41, 5.74) is 0. The predicted molar refractivity (Wildman–Crippen MR) is 64.4 cm³/mol. The number of nitrogens with zero attached hydrogens (tertiary/aromatic N) is 1. The molecule has 0 aromatic carbocycles. The van der Waals surface area contributed by atoms with Crippen LogP contribution in [0.15, 0.2) is 0 Å². The smallest absolute Gasteiger partial charge is 0.239 e. The van der Waals surface area contributed by atoms with Crippen LogP contribution in [0, 0.1) is 0 Å². The molecule has 0 radical (unpaired) electrons. The van der Waals surface area contributed by atoms with Crippen LogP contribution in [0.4, 0.5) is 0 Å². The van der Waals surface area contributed by atoms with Crippen molar-refractivity contribution in [3.8, 4) is 0 Å². The third-order valence-electron chi connectivity index (χ3n) is 3.13. The molecule has 2 unspecified atom stereocenters. The van der Waals surface area contributed by atoms with Gasteiger partial charge in [0.1, 0.15) is 0 Å². The first kappa shape index (κ1) is 13.5. The lowest BCUT2D eigenvalue weighted by molar-refractivity contribution is -0.132. The third-order valence-corrected chi connectivity index (χ3v) is 3.13. The lowest BCUT2D eigenvalue weighted by Gasteiger charge is -2.25. The molecule has 1 aliphatic heterocycles. The van der Waals surface area contributed by atoms with Gasteiger partial charge in [0, 0.05) is 26.2 Å². The summed E-state index contributed by atoms with van der Waals surface area (Å²) in [6, 6.07) is 0.171. The highest BCUT2D eigenvalue weighted by Gasteiger charge is 2.24. The largest absolute Gasteiger partial charge is 0.383 e. The zero-order chi connectivity index (χ0) is 12.0. The normalized spacial score (nSPS) is 19.8. The van der Waals surface area contributed by atoms with E-state index in [2.05, 4.69) is 12.2 Å². The summed E-state index contributed by atoms with van der Waals surface area (Å²) in [7, 11) is 1.69. The van der Waals surface area contributed by atoms with Crippen molar-refractivity contribution in [3.05, 3.63) is 0 Å². The number of rotatable bonds is 6. The highest BCUT2D eigenvalue weighted by molar-refractivity contribution is 5.81. The number of amides is 1. The van der Waals surface area contributed by atoms with E-state index < -0.39 is 0 Å². The molecule has 1 amide bonds. The second-order valence-corrected chi connectivity index (χ2v) is 4.48. The number of hydrogen-bond acceptors (Lipinski definition) is 3. The van der Waals surface area contributed by atoms with Gasteiger partial charge in [-0.2, -0.15) is 0 Å². The van der Waals surface area contributed by atoms with Crippen molar-refractivity contribution in [3.63, 3.8) is 0 Å². The van der Waals surface area contributed by atoms with Crippen molar-refractivity contribution in [2.24, 2.45) is 0 Å². The monoisotopic (exact) mass is 228 g/mol. The molecular weight excluding hydrogens is 204 g/mol. The van der Waals surface area contributed by atoms with Gasteiger partial charge in [0.2, 0.25) is 5.91 Å². The molecule has 4 nitrogen and oxygen atoms in total. The van der Waals surface area contributed by atoms with Gasteiger partial charge in [-0.25, -0.2) is 0 Å². The predicted octanol–water partition coefficient (Wildman–Crippen LogP) is 1.01. The molecule has 2 atom stereocenters. The van der Waals surface area contributed by atoms with Crippen molar-refractivity contribution in [2.45, 2.75) is 45.2 Å². The van der Waals surface area contributed by atoms with Crippen LogP contribution in [0.2, 0.25) is 0 Å². The Labute approximate surface area is 98.3 Å². The van der Waals surface area contributed by atoms with E-state index in [4.69, 9.17) is 4.74 Å². The fourth-order valence-corrected chi connectivity index (χ4v) is 2.12. The zero-order valence-electron chi connectivity index (χ0n) is 10.7. The minimum atomic E-state index is -0.0989. The molecule has 94 valence electrons. The topological polar surface area (TPSA) is 41.6 Å². The molecule has 0 aliphatic carbocycles. The number of carbonyl (C=O) groups is 1. The molecule has 0 aromatic heterocycles. The molecule has 0 aromatic rings. The van der Waals surface area contributed by atoms with Crippen molar-refractivity contribution in [2.75, 3.05) is 26.8 Å². The Morgan fingerprint density at radius 3 is 2.56 bits per heavy atom. The molecule has 1 aliphatic rings. The Hall–Kier alpha value is -0.610. The van der Waals surface area contributed by atoms with Crippen molar-refractivity contribution in [1.82, 2.24) is 10.2 Å². The van der Waals surface area contributed by atoms with Crippen molar-refractivity contribution < 1.29 is 9.53 Å². The molecule has 1 fully saturated rings. The molecule has 1 saturated heterocycles. The van der Waals surface area contributed by atoms with E-state index in [1.165, 1.54) is 0 Å². The van der Waals surface area contributed by atoms with Gasteiger partial charge in [-0.1, -0.05) is 6.92 Å². The van der Waals surface area contributed by atoms with Gasteiger partial charge in [0.25, 0.3) is 0 Å². The lowest BCUT2D eigenvalue weighted by atomic mass is 10.2. The fourth-order valence-electron chi connectivity index (χ4n) is 2.12. The minimum absolute atomic E-state index is 0.0989. The summed E-state index contributed by atoms with van der Waals surface area (Å²) in [5, 5.41) is 3.33. The Bertz CT molecular complexity index is 215. The maximum absolute atomic E-state index is 12.0. The van der Waals surface area contributed by atoms with Crippen LogP contribution in [-0.4, -0.2) is 49.7 Å². The molecule has 1 N–H and O–H groups in total. The van der Waals surface area contributed by atoms with Gasteiger partial charge in [0.05, 0.1) is 12.6 Å². The Balaban J connectivity index is 2.37. The van der Waals surface area contributed by atoms with Crippen LogP contribution >= 0.6 is 0 Å². The summed E-state index contributed by atoms with van der Waals surface area (Å²) in [5.74, 6) is 0.229. The summed E-state index contributed by atoms with van der Waals surface area (Å²) in [6.45, 7) is 6.55. The number of hydrogen-bond donors (Lipinski definition) is 1. The zero-order valence-corrected chi connectivity index (χ0v) is 10.7. The quantitative estimate of drug-likeness (QED) is 0.738. The number of ether oxygens (including phenoxy) is 1. The number of nitrogens with one attached hydrogen (secondary N) is 1. The van der Waals surface area contributed by atoms with E-state index >= 15 is 0 Å². The molecule has 16 heavy (non-hydrogen) atoms. The van der Waals surface area contributed by atoms with E-state index in [-0.39, 0.29) is 18.0 Å². The van der Waals surface area contributed by atoms with Gasteiger partial charge in [0.15, 0.2) is 0 Å². The van der Waals surface area contributed by atoms with E-state index in [9.17, 15) is 4.79 Å². The molecule has 0 spiro atoms. The number of methoxy groups -OCH3 is 1.